The van der Waals surface area contributed by atoms with E-state index >= 15 is 0 Å². The minimum Gasteiger partial charge on any atom is -0.337 e. The number of nitrogens with one attached hydrogen (secondary N) is 1. The fourth-order valence-corrected chi connectivity index (χ4v) is 3.76. The van der Waals surface area contributed by atoms with Crippen LogP contribution in [0.1, 0.15) is 49.7 Å². The topological polar surface area (TPSA) is 32.3 Å². The molecule has 1 fully saturated rings. The summed E-state index contributed by atoms with van der Waals surface area (Å²) in [4.78, 5) is 14.3. The number of urea groups is 1. The van der Waals surface area contributed by atoms with Crippen molar-refractivity contribution in [2.24, 2.45) is 5.92 Å². The standard InChI is InChI=1S/C18H26N2O/c1-14-6-5-11-20(13-14)18(21)19-12-16-9-4-8-15-7-2-3-10-17(15)16/h2-3,7,10,14,16H,4-6,8-9,11-13H2,1H3,(H,19,21). The fourth-order valence-electron chi connectivity index (χ4n) is 3.76. The summed E-state index contributed by atoms with van der Waals surface area (Å²) in [7, 11) is 0. The first-order chi connectivity index (χ1) is 10.2. The lowest BCUT2D eigenvalue weighted by Gasteiger charge is -2.32. The Balaban J connectivity index is 1.57. The Morgan fingerprint density at radius 3 is 3.00 bits per heavy atom. The number of aryl methyl sites for hydroxylation is 1. The number of hydrogen-bond donors (Lipinski definition) is 1. The molecule has 2 aliphatic rings. The summed E-state index contributed by atoms with van der Waals surface area (Å²) in [5.41, 5.74) is 2.91. The number of nitrogens with zero attached hydrogens (tertiary/aromatic N) is 1. The van der Waals surface area contributed by atoms with Crippen molar-refractivity contribution in [2.75, 3.05) is 19.6 Å². The van der Waals surface area contributed by atoms with Gasteiger partial charge >= 0.3 is 6.03 Å². The van der Waals surface area contributed by atoms with E-state index in [2.05, 4.69) is 36.5 Å². The maximum atomic E-state index is 12.3. The first-order valence-electron chi connectivity index (χ1n) is 8.34. The summed E-state index contributed by atoms with van der Waals surface area (Å²) < 4.78 is 0. The van der Waals surface area contributed by atoms with Crippen molar-refractivity contribution in [3.05, 3.63) is 35.4 Å². The van der Waals surface area contributed by atoms with Crippen LogP contribution in [0.25, 0.3) is 0 Å². The predicted octanol–water partition coefficient (Wildman–Crippen LogP) is 3.55. The maximum Gasteiger partial charge on any atom is 0.317 e. The Morgan fingerprint density at radius 1 is 1.29 bits per heavy atom. The molecule has 1 heterocycles. The van der Waals surface area contributed by atoms with Crippen LogP contribution in [0.3, 0.4) is 0 Å². The van der Waals surface area contributed by atoms with Crippen molar-refractivity contribution in [3.8, 4) is 0 Å². The third kappa shape index (κ3) is 3.39. The van der Waals surface area contributed by atoms with E-state index < -0.39 is 0 Å². The molecule has 2 unspecified atom stereocenters. The SMILES string of the molecule is CC1CCCN(C(=O)NCC2CCCc3ccccc32)C1. The van der Waals surface area contributed by atoms with E-state index in [9.17, 15) is 4.79 Å². The van der Waals surface area contributed by atoms with Crippen LogP contribution in [0.5, 0.6) is 0 Å². The Hall–Kier alpha value is -1.51. The van der Waals surface area contributed by atoms with E-state index in [4.69, 9.17) is 0 Å². The highest BCUT2D eigenvalue weighted by Gasteiger charge is 2.23. The number of piperidine rings is 1. The third-order valence-corrected chi connectivity index (χ3v) is 4.94. The number of benzene rings is 1. The van der Waals surface area contributed by atoms with Crippen LogP contribution in [-0.4, -0.2) is 30.6 Å². The molecule has 21 heavy (non-hydrogen) atoms. The quantitative estimate of drug-likeness (QED) is 0.886. The largest absolute Gasteiger partial charge is 0.337 e. The molecule has 1 aliphatic heterocycles. The zero-order valence-electron chi connectivity index (χ0n) is 13.0. The molecule has 0 aromatic heterocycles. The summed E-state index contributed by atoms with van der Waals surface area (Å²) in [5, 5.41) is 3.17. The second-order valence-corrected chi connectivity index (χ2v) is 6.67. The van der Waals surface area contributed by atoms with Gasteiger partial charge in [-0.3, -0.25) is 0 Å². The number of carbonyl (C=O) groups excluding carboxylic acids is 1. The zero-order valence-corrected chi connectivity index (χ0v) is 13.0. The number of likely N-dealkylation sites (tertiary alicyclic amines) is 1. The van der Waals surface area contributed by atoms with Crippen molar-refractivity contribution < 1.29 is 4.79 Å². The molecule has 3 heteroatoms. The molecule has 1 N–H and O–H groups in total. The van der Waals surface area contributed by atoms with Crippen LogP contribution in [0, 0.1) is 5.92 Å². The molecule has 3 rings (SSSR count). The van der Waals surface area contributed by atoms with Crippen LogP contribution < -0.4 is 5.32 Å². The highest BCUT2D eigenvalue weighted by atomic mass is 16.2. The maximum absolute atomic E-state index is 12.3. The molecule has 2 atom stereocenters. The van der Waals surface area contributed by atoms with E-state index in [0.717, 1.165) is 26.1 Å². The lowest BCUT2D eigenvalue weighted by atomic mass is 9.83. The molecule has 0 radical (unpaired) electrons. The highest BCUT2D eigenvalue weighted by molar-refractivity contribution is 5.74. The van der Waals surface area contributed by atoms with E-state index in [1.54, 1.807) is 0 Å². The predicted molar refractivity (Wildman–Crippen MR) is 85.5 cm³/mol. The molecule has 2 amide bonds. The average Bonchev–Trinajstić information content (AvgIpc) is 2.52. The van der Waals surface area contributed by atoms with Crippen LogP contribution >= 0.6 is 0 Å². The smallest absolute Gasteiger partial charge is 0.317 e. The molecular formula is C18H26N2O. The lowest BCUT2D eigenvalue weighted by molar-refractivity contribution is 0.169. The summed E-state index contributed by atoms with van der Waals surface area (Å²) in [6.45, 7) is 4.84. The van der Waals surface area contributed by atoms with Gasteiger partial charge in [0.2, 0.25) is 0 Å². The van der Waals surface area contributed by atoms with Gasteiger partial charge in [0.15, 0.2) is 0 Å². The number of rotatable bonds is 2. The van der Waals surface area contributed by atoms with E-state index in [-0.39, 0.29) is 6.03 Å². The van der Waals surface area contributed by atoms with Gasteiger partial charge in [0, 0.05) is 25.6 Å². The van der Waals surface area contributed by atoms with Crippen molar-refractivity contribution in [1.82, 2.24) is 10.2 Å². The van der Waals surface area contributed by atoms with Gasteiger partial charge in [0.1, 0.15) is 0 Å². The molecule has 1 aromatic rings. The van der Waals surface area contributed by atoms with Crippen molar-refractivity contribution in [1.29, 1.82) is 0 Å². The number of carbonyl (C=O) groups is 1. The van der Waals surface area contributed by atoms with Crippen LogP contribution in [0.15, 0.2) is 24.3 Å². The first kappa shape index (κ1) is 14.4. The van der Waals surface area contributed by atoms with Crippen LogP contribution in [0.2, 0.25) is 0 Å². The van der Waals surface area contributed by atoms with Gasteiger partial charge in [-0.15, -0.1) is 0 Å². The molecular weight excluding hydrogens is 260 g/mol. The lowest BCUT2D eigenvalue weighted by Crippen LogP contribution is -2.46. The van der Waals surface area contributed by atoms with Gasteiger partial charge in [-0.05, 0) is 49.1 Å². The van der Waals surface area contributed by atoms with Gasteiger partial charge in [0.05, 0.1) is 0 Å². The minimum absolute atomic E-state index is 0.129. The normalized spacial score (nSPS) is 25.3. The molecule has 0 saturated carbocycles. The molecule has 114 valence electrons. The van der Waals surface area contributed by atoms with E-state index in [1.807, 2.05) is 4.90 Å². The van der Waals surface area contributed by atoms with Gasteiger partial charge in [-0.1, -0.05) is 31.2 Å². The summed E-state index contributed by atoms with van der Waals surface area (Å²) >= 11 is 0. The average molecular weight is 286 g/mol. The van der Waals surface area contributed by atoms with Crippen molar-refractivity contribution in [2.45, 2.75) is 44.9 Å². The van der Waals surface area contributed by atoms with Crippen LogP contribution in [-0.2, 0) is 6.42 Å². The Kier molecular flexibility index (Phi) is 4.47. The molecule has 0 spiro atoms. The van der Waals surface area contributed by atoms with E-state index in [1.165, 1.54) is 36.8 Å². The monoisotopic (exact) mass is 286 g/mol. The van der Waals surface area contributed by atoms with Gasteiger partial charge in [-0.2, -0.15) is 0 Å². The Morgan fingerprint density at radius 2 is 2.14 bits per heavy atom. The van der Waals surface area contributed by atoms with Crippen LogP contribution in [0.4, 0.5) is 4.79 Å². The molecule has 1 saturated heterocycles. The van der Waals surface area contributed by atoms with Crippen molar-refractivity contribution in [3.63, 3.8) is 0 Å². The molecule has 1 aliphatic carbocycles. The molecule has 0 bridgehead atoms. The van der Waals surface area contributed by atoms with Gasteiger partial charge in [-0.25, -0.2) is 4.79 Å². The fraction of sp³-hybridized carbons (Fsp3) is 0.611. The van der Waals surface area contributed by atoms with E-state index in [0.29, 0.717) is 11.8 Å². The summed E-state index contributed by atoms with van der Waals surface area (Å²) in [5.74, 6) is 1.13. The Labute approximate surface area is 127 Å². The van der Waals surface area contributed by atoms with Gasteiger partial charge in [0.25, 0.3) is 0 Å². The highest BCUT2D eigenvalue weighted by Crippen LogP contribution is 2.30. The summed E-state index contributed by atoms with van der Waals surface area (Å²) in [6.07, 6.45) is 6.00. The van der Waals surface area contributed by atoms with Gasteiger partial charge < -0.3 is 10.2 Å². The Bertz CT molecular complexity index is 500. The number of amides is 2. The molecule has 3 nitrogen and oxygen atoms in total. The third-order valence-electron chi connectivity index (χ3n) is 4.94. The molecule has 1 aromatic carbocycles. The second kappa shape index (κ2) is 6.50. The zero-order chi connectivity index (χ0) is 14.7. The minimum atomic E-state index is 0.129. The number of fused-ring (bicyclic) bond motifs is 1. The first-order valence-corrected chi connectivity index (χ1v) is 8.34. The van der Waals surface area contributed by atoms with Crippen molar-refractivity contribution >= 4 is 6.03 Å². The second-order valence-electron chi connectivity index (χ2n) is 6.67. The summed E-state index contributed by atoms with van der Waals surface area (Å²) in [6, 6.07) is 8.83. The number of hydrogen-bond acceptors (Lipinski definition) is 1.